The molecule has 1 N–H and O–H groups in total. The molecule has 3 nitrogen and oxygen atoms in total. The fourth-order valence-corrected chi connectivity index (χ4v) is 2.93. The average molecular weight is 297 g/mol. The summed E-state index contributed by atoms with van der Waals surface area (Å²) in [6.07, 6.45) is 6.20. The molecule has 0 aromatic heterocycles. The van der Waals surface area contributed by atoms with Crippen LogP contribution in [0.3, 0.4) is 0 Å². The highest BCUT2D eigenvalue weighted by atomic mass is 35.5. The Labute approximate surface area is 128 Å². The van der Waals surface area contributed by atoms with Crippen LogP contribution in [0.4, 0.5) is 0 Å². The molecule has 112 valence electrons. The molecule has 1 aromatic carbocycles. The predicted molar refractivity (Wildman–Crippen MR) is 85.5 cm³/mol. The molecule has 2 rings (SSSR count). The van der Waals surface area contributed by atoms with E-state index in [4.69, 9.17) is 0 Å². The summed E-state index contributed by atoms with van der Waals surface area (Å²) < 4.78 is 0. The van der Waals surface area contributed by atoms with Gasteiger partial charge in [-0.15, -0.1) is 12.4 Å². The van der Waals surface area contributed by atoms with Gasteiger partial charge in [0.05, 0.1) is 0 Å². The van der Waals surface area contributed by atoms with Gasteiger partial charge in [-0.05, 0) is 39.1 Å². The van der Waals surface area contributed by atoms with Crippen molar-refractivity contribution in [1.29, 1.82) is 0 Å². The first-order valence-corrected chi connectivity index (χ1v) is 7.15. The van der Waals surface area contributed by atoms with Gasteiger partial charge >= 0.3 is 0 Å². The molecule has 0 radical (unpaired) electrons. The van der Waals surface area contributed by atoms with Crippen LogP contribution in [-0.4, -0.2) is 37.0 Å². The topological polar surface area (TPSA) is 32.3 Å². The molecule has 1 amide bonds. The third-order valence-corrected chi connectivity index (χ3v) is 4.35. The summed E-state index contributed by atoms with van der Waals surface area (Å²) in [5.41, 5.74) is 0.884. The van der Waals surface area contributed by atoms with Gasteiger partial charge in [0, 0.05) is 17.6 Å². The molecule has 1 aliphatic carbocycles. The number of likely N-dealkylation sites (N-methyl/N-ethyl adjacent to an activating group) is 1. The minimum absolute atomic E-state index is 0. The van der Waals surface area contributed by atoms with E-state index in [1.165, 1.54) is 32.1 Å². The standard InChI is InChI=1S/C16H24N2O.ClH/c1-18(2)16(11-7-4-8-12-16)13-17-15(19)14-9-5-3-6-10-14;/h3,5-6,9-10H,4,7-8,11-13H2,1-2H3,(H,17,19);1H. The number of amides is 1. The average Bonchev–Trinajstić information content (AvgIpc) is 2.46. The molecule has 0 atom stereocenters. The molecular formula is C16H25ClN2O. The van der Waals surface area contributed by atoms with Gasteiger partial charge < -0.3 is 10.2 Å². The molecule has 1 saturated carbocycles. The third kappa shape index (κ3) is 3.97. The van der Waals surface area contributed by atoms with Crippen molar-refractivity contribution in [3.8, 4) is 0 Å². The molecule has 0 spiro atoms. The van der Waals surface area contributed by atoms with Gasteiger partial charge in [-0.2, -0.15) is 0 Å². The molecule has 0 saturated heterocycles. The molecule has 0 bridgehead atoms. The highest BCUT2D eigenvalue weighted by Gasteiger charge is 2.34. The van der Waals surface area contributed by atoms with Crippen LogP contribution < -0.4 is 5.32 Å². The first-order chi connectivity index (χ1) is 9.14. The van der Waals surface area contributed by atoms with Gasteiger partial charge in [-0.3, -0.25) is 4.79 Å². The summed E-state index contributed by atoms with van der Waals surface area (Å²) in [4.78, 5) is 14.4. The fourth-order valence-electron chi connectivity index (χ4n) is 2.93. The molecule has 20 heavy (non-hydrogen) atoms. The van der Waals surface area contributed by atoms with Gasteiger partial charge in [0.25, 0.3) is 5.91 Å². The summed E-state index contributed by atoms with van der Waals surface area (Å²) in [7, 11) is 4.25. The van der Waals surface area contributed by atoms with Gasteiger partial charge in [0.15, 0.2) is 0 Å². The predicted octanol–water partition coefficient (Wildman–Crippen LogP) is 3.10. The highest BCUT2D eigenvalue weighted by Crippen LogP contribution is 2.31. The Kier molecular flexibility index (Phi) is 6.50. The third-order valence-electron chi connectivity index (χ3n) is 4.35. The van der Waals surface area contributed by atoms with Crippen LogP contribution in [0, 0.1) is 0 Å². The molecule has 1 fully saturated rings. The Balaban J connectivity index is 0.00000200. The van der Waals surface area contributed by atoms with E-state index in [-0.39, 0.29) is 23.9 Å². The molecule has 0 aliphatic heterocycles. The van der Waals surface area contributed by atoms with E-state index in [9.17, 15) is 4.79 Å². The van der Waals surface area contributed by atoms with Crippen molar-refractivity contribution < 1.29 is 4.79 Å². The van der Waals surface area contributed by atoms with E-state index in [0.717, 1.165) is 12.1 Å². The van der Waals surface area contributed by atoms with Crippen molar-refractivity contribution >= 4 is 18.3 Å². The summed E-state index contributed by atoms with van der Waals surface area (Å²) in [6.45, 7) is 0.744. The zero-order valence-electron chi connectivity index (χ0n) is 12.4. The molecule has 1 aliphatic rings. The fraction of sp³-hybridized carbons (Fsp3) is 0.562. The molecular weight excluding hydrogens is 272 g/mol. The van der Waals surface area contributed by atoms with Crippen LogP contribution in [-0.2, 0) is 0 Å². The van der Waals surface area contributed by atoms with Crippen LogP contribution in [0.5, 0.6) is 0 Å². The first kappa shape index (κ1) is 17.0. The molecule has 4 heteroatoms. The summed E-state index contributed by atoms with van der Waals surface area (Å²) in [5.74, 6) is 0.0346. The van der Waals surface area contributed by atoms with Crippen molar-refractivity contribution in [3.05, 3.63) is 35.9 Å². The lowest BCUT2D eigenvalue weighted by Gasteiger charge is -2.43. The van der Waals surface area contributed by atoms with Gasteiger partial charge in [0.2, 0.25) is 0 Å². The minimum Gasteiger partial charge on any atom is -0.350 e. The Hall–Kier alpha value is -1.06. The molecule has 1 aromatic rings. The highest BCUT2D eigenvalue weighted by molar-refractivity contribution is 5.94. The second kappa shape index (κ2) is 7.65. The van der Waals surface area contributed by atoms with E-state index >= 15 is 0 Å². The number of carbonyl (C=O) groups is 1. The zero-order chi connectivity index (χ0) is 13.7. The largest absolute Gasteiger partial charge is 0.350 e. The van der Waals surface area contributed by atoms with Crippen LogP contribution in [0.25, 0.3) is 0 Å². The Morgan fingerprint density at radius 2 is 1.75 bits per heavy atom. The van der Waals surface area contributed by atoms with Crippen molar-refractivity contribution in [2.45, 2.75) is 37.6 Å². The summed E-state index contributed by atoms with van der Waals surface area (Å²) in [5, 5.41) is 3.11. The maximum Gasteiger partial charge on any atom is 0.251 e. The Morgan fingerprint density at radius 1 is 1.15 bits per heavy atom. The maximum atomic E-state index is 12.1. The first-order valence-electron chi connectivity index (χ1n) is 7.15. The number of nitrogens with zero attached hydrogens (tertiary/aromatic N) is 1. The van der Waals surface area contributed by atoms with Gasteiger partial charge in [-0.1, -0.05) is 37.5 Å². The number of nitrogens with one attached hydrogen (secondary N) is 1. The van der Waals surface area contributed by atoms with E-state index in [2.05, 4.69) is 24.3 Å². The second-order valence-electron chi connectivity index (χ2n) is 5.73. The zero-order valence-corrected chi connectivity index (χ0v) is 13.2. The molecule has 0 heterocycles. The van der Waals surface area contributed by atoms with Crippen LogP contribution in [0.2, 0.25) is 0 Å². The molecule has 0 unspecified atom stereocenters. The quantitative estimate of drug-likeness (QED) is 0.926. The lowest BCUT2D eigenvalue weighted by molar-refractivity contribution is 0.0799. The number of hydrogen-bond donors (Lipinski definition) is 1. The number of hydrogen-bond acceptors (Lipinski definition) is 2. The van der Waals surface area contributed by atoms with Crippen molar-refractivity contribution in [2.24, 2.45) is 0 Å². The monoisotopic (exact) mass is 296 g/mol. The van der Waals surface area contributed by atoms with Crippen LogP contribution in [0.1, 0.15) is 42.5 Å². The number of rotatable bonds is 4. The maximum absolute atomic E-state index is 12.1. The van der Waals surface area contributed by atoms with E-state index in [1.807, 2.05) is 30.3 Å². The second-order valence-corrected chi connectivity index (χ2v) is 5.73. The number of benzene rings is 1. The van der Waals surface area contributed by atoms with Gasteiger partial charge in [0.1, 0.15) is 0 Å². The minimum atomic E-state index is 0. The van der Waals surface area contributed by atoms with Crippen molar-refractivity contribution in [2.75, 3.05) is 20.6 Å². The SMILES string of the molecule is CN(C)C1(CNC(=O)c2ccccc2)CCCCC1.Cl. The lowest BCUT2D eigenvalue weighted by atomic mass is 9.80. The summed E-state index contributed by atoms with van der Waals surface area (Å²) in [6, 6.07) is 9.45. The van der Waals surface area contributed by atoms with E-state index < -0.39 is 0 Å². The summed E-state index contributed by atoms with van der Waals surface area (Å²) >= 11 is 0. The lowest BCUT2D eigenvalue weighted by Crippen LogP contribution is -2.53. The van der Waals surface area contributed by atoms with Gasteiger partial charge in [-0.25, -0.2) is 0 Å². The Morgan fingerprint density at radius 3 is 2.30 bits per heavy atom. The van der Waals surface area contributed by atoms with Crippen molar-refractivity contribution in [3.63, 3.8) is 0 Å². The van der Waals surface area contributed by atoms with E-state index in [0.29, 0.717) is 0 Å². The number of carbonyl (C=O) groups excluding carboxylic acids is 1. The van der Waals surface area contributed by atoms with Crippen LogP contribution in [0.15, 0.2) is 30.3 Å². The Bertz CT molecular complexity index is 414. The normalized spacial score (nSPS) is 17.4. The number of halogens is 1. The van der Waals surface area contributed by atoms with Crippen LogP contribution >= 0.6 is 12.4 Å². The van der Waals surface area contributed by atoms with Crippen molar-refractivity contribution in [1.82, 2.24) is 10.2 Å². The smallest absolute Gasteiger partial charge is 0.251 e. The van der Waals surface area contributed by atoms with E-state index in [1.54, 1.807) is 0 Å².